The van der Waals surface area contributed by atoms with Crippen molar-refractivity contribution >= 4 is 16.8 Å². The monoisotopic (exact) mass is 337 g/mol. The zero-order valence-electron chi connectivity index (χ0n) is 14.6. The van der Waals surface area contributed by atoms with Crippen LogP contribution < -0.4 is 0 Å². The van der Waals surface area contributed by atoms with Gasteiger partial charge < -0.3 is 14.2 Å². The summed E-state index contributed by atoms with van der Waals surface area (Å²) < 4.78 is 7.92. The van der Waals surface area contributed by atoms with Crippen LogP contribution >= 0.6 is 0 Å². The highest BCUT2D eigenvalue weighted by Gasteiger charge is 2.39. The molecule has 0 atom stereocenters. The first-order valence-corrected chi connectivity index (χ1v) is 9.03. The second-order valence-electron chi connectivity index (χ2n) is 7.19. The van der Waals surface area contributed by atoms with E-state index in [0.29, 0.717) is 12.1 Å². The summed E-state index contributed by atoms with van der Waals surface area (Å²) >= 11 is 0. The smallest absolute Gasteiger partial charge is 0.242 e. The van der Waals surface area contributed by atoms with Crippen molar-refractivity contribution in [2.45, 2.75) is 44.8 Å². The number of ether oxygens (including phenoxy) is 1. The van der Waals surface area contributed by atoms with Crippen LogP contribution in [0.5, 0.6) is 0 Å². The maximum Gasteiger partial charge on any atom is 0.242 e. The van der Waals surface area contributed by atoms with Crippen molar-refractivity contribution in [3.8, 4) is 6.07 Å². The van der Waals surface area contributed by atoms with Crippen molar-refractivity contribution in [3.63, 3.8) is 0 Å². The highest BCUT2D eigenvalue weighted by atomic mass is 16.5. The van der Waals surface area contributed by atoms with Crippen LogP contribution in [0.1, 0.15) is 36.9 Å². The molecule has 0 saturated carbocycles. The predicted molar refractivity (Wildman–Crippen MR) is 95.1 cm³/mol. The molecule has 2 aromatic rings. The molecule has 5 nitrogen and oxygen atoms in total. The molecule has 0 radical (unpaired) electrons. The highest BCUT2D eigenvalue weighted by Crippen LogP contribution is 2.35. The first-order chi connectivity index (χ1) is 12.1. The van der Waals surface area contributed by atoms with Gasteiger partial charge in [0.25, 0.3) is 0 Å². The van der Waals surface area contributed by atoms with E-state index < -0.39 is 0 Å². The van der Waals surface area contributed by atoms with Crippen LogP contribution in [0.15, 0.2) is 24.3 Å². The topological polar surface area (TPSA) is 58.3 Å². The van der Waals surface area contributed by atoms with Gasteiger partial charge in [-0.25, -0.2) is 0 Å². The van der Waals surface area contributed by atoms with Gasteiger partial charge in [0.15, 0.2) is 0 Å². The maximum atomic E-state index is 12.8. The lowest BCUT2D eigenvalue weighted by Gasteiger charge is -2.38. The number of hydrogen-bond acceptors (Lipinski definition) is 3. The van der Waals surface area contributed by atoms with E-state index in [0.717, 1.165) is 62.0 Å². The molecular formula is C20H23N3O2. The molecule has 2 aliphatic rings. The molecule has 1 amide bonds. The Kier molecular flexibility index (Phi) is 4.01. The first-order valence-electron chi connectivity index (χ1n) is 9.03. The molecule has 4 rings (SSSR count). The number of hydrogen-bond donors (Lipinski definition) is 0. The van der Waals surface area contributed by atoms with Gasteiger partial charge >= 0.3 is 0 Å². The summed E-state index contributed by atoms with van der Waals surface area (Å²) in [5.74, 6) is 0.126. The van der Waals surface area contributed by atoms with Crippen molar-refractivity contribution in [2.24, 2.45) is 0 Å². The molecule has 0 unspecified atom stereocenters. The minimum atomic E-state index is 0.0286. The number of aromatic nitrogens is 1. The van der Waals surface area contributed by atoms with Crippen molar-refractivity contribution in [1.82, 2.24) is 9.47 Å². The van der Waals surface area contributed by atoms with E-state index in [9.17, 15) is 10.1 Å². The summed E-state index contributed by atoms with van der Waals surface area (Å²) in [6, 6.07) is 10.1. The van der Waals surface area contributed by atoms with Crippen LogP contribution in [0.2, 0.25) is 0 Å². The molecule has 130 valence electrons. The van der Waals surface area contributed by atoms with Gasteiger partial charge in [-0.15, -0.1) is 0 Å². The van der Waals surface area contributed by atoms with E-state index in [-0.39, 0.29) is 11.5 Å². The van der Waals surface area contributed by atoms with Gasteiger partial charge in [0, 0.05) is 30.8 Å². The van der Waals surface area contributed by atoms with Crippen LogP contribution in [0, 0.1) is 18.3 Å². The quantitative estimate of drug-likeness (QED) is 0.846. The molecule has 5 heteroatoms. The molecule has 0 N–H and O–H groups in total. The van der Waals surface area contributed by atoms with Crippen LogP contribution in [0.4, 0.5) is 0 Å². The third-order valence-electron chi connectivity index (χ3n) is 5.85. The summed E-state index contributed by atoms with van der Waals surface area (Å²) in [4.78, 5) is 14.8. The third-order valence-corrected chi connectivity index (χ3v) is 5.85. The van der Waals surface area contributed by atoms with Gasteiger partial charge in [0.1, 0.15) is 12.6 Å². The summed E-state index contributed by atoms with van der Waals surface area (Å²) in [7, 11) is 0. The number of benzene rings is 1. The molecule has 2 aliphatic heterocycles. The molecule has 1 spiro atoms. The summed E-state index contributed by atoms with van der Waals surface area (Å²) in [6.45, 7) is 4.61. The second kappa shape index (κ2) is 6.20. The minimum Gasteiger partial charge on any atom is -0.375 e. The van der Waals surface area contributed by atoms with Crippen LogP contribution in [-0.4, -0.2) is 40.7 Å². The molecule has 2 saturated heterocycles. The Labute approximate surface area is 147 Å². The molecule has 25 heavy (non-hydrogen) atoms. The summed E-state index contributed by atoms with van der Waals surface area (Å²) in [5, 5.41) is 10.4. The molecule has 1 aromatic carbocycles. The molecule has 1 aromatic heterocycles. The Hall–Kier alpha value is -2.32. The Bertz CT molecular complexity index is 846. The first kappa shape index (κ1) is 16.2. The Morgan fingerprint density at radius 3 is 2.72 bits per heavy atom. The van der Waals surface area contributed by atoms with Crippen molar-refractivity contribution < 1.29 is 9.53 Å². The number of carbonyl (C=O) groups is 1. The van der Waals surface area contributed by atoms with E-state index in [1.54, 1.807) is 0 Å². The maximum absolute atomic E-state index is 12.8. The predicted octanol–water partition coefficient (Wildman–Crippen LogP) is 2.99. The fraction of sp³-hybridized carbons (Fsp3) is 0.500. The molecule has 3 heterocycles. The Balaban J connectivity index is 1.53. The van der Waals surface area contributed by atoms with Gasteiger partial charge in [-0.05, 0) is 38.7 Å². The number of piperidine rings is 1. The van der Waals surface area contributed by atoms with Gasteiger partial charge in [0.2, 0.25) is 5.91 Å². The lowest BCUT2D eigenvalue weighted by atomic mass is 9.88. The average Bonchev–Trinajstić information content (AvgIpc) is 3.19. The van der Waals surface area contributed by atoms with Crippen molar-refractivity contribution in [2.75, 3.05) is 19.7 Å². The van der Waals surface area contributed by atoms with Gasteiger partial charge in [0.05, 0.1) is 16.7 Å². The standard InChI is InChI=1S/C20H23N3O2/c1-15-17(13-21)16-5-2-3-6-18(16)23(15)14-19(24)22-10-8-20(9-11-22)7-4-12-25-20/h2-3,5-6H,4,7-12,14H2,1H3. The Morgan fingerprint density at radius 2 is 2.04 bits per heavy atom. The zero-order valence-corrected chi connectivity index (χ0v) is 14.6. The van der Waals surface area contributed by atoms with Crippen LogP contribution in [0.25, 0.3) is 10.9 Å². The van der Waals surface area contributed by atoms with Crippen molar-refractivity contribution in [1.29, 1.82) is 5.26 Å². The number of nitriles is 1. The van der Waals surface area contributed by atoms with Crippen LogP contribution in [0.3, 0.4) is 0 Å². The number of amides is 1. The van der Waals surface area contributed by atoms with E-state index in [4.69, 9.17) is 4.74 Å². The largest absolute Gasteiger partial charge is 0.375 e. The fourth-order valence-corrected chi connectivity index (χ4v) is 4.32. The van der Waals surface area contributed by atoms with Crippen molar-refractivity contribution in [3.05, 3.63) is 35.5 Å². The van der Waals surface area contributed by atoms with E-state index >= 15 is 0 Å². The van der Waals surface area contributed by atoms with E-state index in [1.165, 1.54) is 0 Å². The SMILES string of the molecule is Cc1c(C#N)c2ccccc2n1CC(=O)N1CCC2(CCCO2)CC1. The van der Waals surface area contributed by atoms with Crippen LogP contribution in [-0.2, 0) is 16.1 Å². The third kappa shape index (κ3) is 2.71. The fourth-order valence-electron chi connectivity index (χ4n) is 4.32. The number of rotatable bonds is 2. The number of carbonyl (C=O) groups excluding carboxylic acids is 1. The highest BCUT2D eigenvalue weighted by molar-refractivity contribution is 5.89. The summed E-state index contributed by atoms with van der Waals surface area (Å²) in [6.07, 6.45) is 4.14. The van der Waals surface area contributed by atoms with Gasteiger partial charge in [-0.2, -0.15) is 5.26 Å². The summed E-state index contributed by atoms with van der Waals surface area (Å²) in [5.41, 5.74) is 2.52. The lowest BCUT2D eigenvalue weighted by Crippen LogP contribution is -2.47. The number of likely N-dealkylation sites (tertiary alicyclic amines) is 1. The molecular weight excluding hydrogens is 314 g/mol. The number of para-hydroxylation sites is 1. The molecule has 2 fully saturated rings. The lowest BCUT2D eigenvalue weighted by molar-refractivity contribution is -0.136. The normalized spacial score (nSPS) is 19.4. The average molecular weight is 337 g/mol. The minimum absolute atomic E-state index is 0.0286. The van der Waals surface area contributed by atoms with E-state index in [2.05, 4.69) is 6.07 Å². The second-order valence-corrected chi connectivity index (χ2v) is 7.19. The molecule has 0 aliphatic carbocycles. The zero-order chi connectivity index (χ0) is 17.4. The number of nitrogens with zero attached hydrogens (tertiary/aromatic N) is 3. The molecule has 0 bridgehead atoms. The van der Waals surface area contributed by atoms with Gasteiger partial charge in [-0.1, -0.05) is 18.2 Å². The Morgan fingerprint density at radius 1 is 1.28 bits per heavy atom. The van der Waals surface area contributed by atoms with E-state index in [1.807, 2.05) is 40.7 Å². The van der Waals surface area contributed by atoms with Gasteiger partial charge in [-0.3, -0.25) is 4.79 Å². The number of fused-ring (bicyclic) bond motifs is 1.